The summed E-state index contributed by atoms with van der Waals surface area (Å²) in [7, 11) is -3.50. The first-order valence-corrected chi connectivity index (χ1v) is 8.79. The molecule has 1 aliphatic heterocycles. The second-order valence-corrected chi connectivity index (χ2v) is 7.36. The fraction of sp³-hybridized carbons (Fsp3) is 0.250. The molecule has 2 heterocycles. The second kappa shape index (κ2) is 6.10. The van der Waals surface area contributed by atoms with Gasteiger partial charge in [0, 0.05) is 18.1 Å². The van der Waals surface area contributed by atoms with Crippen LogP contribution in [0.15, 0.2) is 35.9 Å². The molecule has 7 heteroatoms. The summed E-state index contributed by atoms with van der Waals surface area (Å²) in [4.78, 5) is 8.09. The summed E-state index contributed by atoms with van der Waals surface area (Å²) >= 11 is 0. The number of fused-ring (bicyclic) bond motifs is 1. The van der Waals surface area contributed by atoms with Gasteiger partial charge in [-0.15, -0.1) is 0 Å². The quantitative estimate of drug-likeness (QED) is 0.925. The molecule has 6 nitrogen and oxygen atoms in total. The largest absolute Gasteiger partial charge is 0.368 e. The average molecular weight is 330 g/mol. The number of benzene rings is 1. The van der Waals surface area contributed by atoms with E-state index in [4.69, 9.17) is 5.73 Å². The molecule has 0 amide bonds. The van der Waals surface area contributed by atoms with Crippen molar-refractivity contribution in [1.29, 1.82) is 0 Å². The summed E-state index contributed by atoms with van der Waals surface area (Å²) in [5.74, 6) is 0.165. The molecule has 2 N–H and O–H groups in total. The molecule has 0 radical (unpaired) electrons. The molecule has 0 bridgehead atoms. The number of anilines is 1. The van der Waals surface area contributed by atoms with Gasteiger partial charge in [-0.2, -0.15) is 4.31 Å². The van der Waals surface area contributed by atoms with E-state index in [1.54, 1.807) is 12.3 Å². The van der Waals surface area contributed by atoms with Gasteiger partial charge in [0.2, 0.25) is 16.0 Å². The molecule has 2 aromatic rings. The number of nitrogen functional groups attached to an aromatic ring is 1. The highest BCUT2D eigenvalue weighted by Gasteiger charge is 2.26. The van der Waals surface area contributed by atoms with Crippen molar-refractivity contribution in [2.75, 3.05) is 12.3 Å². The third-order valence-corrected chi connectivity index (χ3v) is 5.31. The number of sulfonamides is 1. The number of hydrogen-bond donors (Lipinski definition) is 1. The Morgan fingerprint density at radius 2 is 2.00 bits per heavy atom. The predicted molar refractivity (Wildman–Crippen MR) is 89.7 cm³/mol. The Bertz CT molecular complexity index is 845. The molecular weight excluding hydrogens is 312 g/mol. The van der Waals surface area contributed by atoms with Gasteiger partial charge in [-0.1, -0.05) is 29.8 Å². The molecule has 1 aromatic carbocycles. The average Bonchev–Trinajstić information content (AvgIpc) is 2.53. The van der Waals surface area contributed by atoms with E-state index in [1.807, 2.05) is 31.2 Å². The van der Waals surface area contributed by atoms with Crippen molar-refractivity contribution in [3.63, 3.8) is 0 Å². The van der Waals surface area contributed by atoms with Crippen LogP contribution in [0.4, 0.5) is 5.95 Å². The maximum Gasteiger partial charge on any atom is 0.236 e. The van der Waals surface area contributed by atoms with E-state index in [1.165, 1.54) is 9.71 Å². The molecule has 0 atom stereocenters. The molecule has 0 unspecified atom stereocenters. The number of nitrogens with zero attached hydrogens (tertiary/aromatic N) is 3. The fourth-order valence-electron chi connectivity index (χ4n) is 2.44. The highest BCUT2D eigenvalue weighted by Crippen LogP contribution is 2.20. The van der Waals surface area contributed by atoms with Crippen LogP contribution in [0.2, 0.25) is 0 Å². The van der Waals surface area contributed by atoms with E-state index in [0.717, 1.165) is 16.7 Å². The molecule has 0 spiro atoms. The summed E-state index contributed by atoms with van der Waals surface area (Å²) in [5.41, 5.74) is 9.19. The van der Waals surface area contributed by atoms with Gasteiger partial charge < -0.3 is 5.73 Å². The second-order valence-electron chi connectivity index (χ2n) is 5.54. The van der Waals surface area contributed by atoms with Crippen LogP contribution in [-0.4, -0.2) is 29.2 Å². The lowest BCUT2D eigenvalue weighted by Crippen LogP contribution is -2.35. The third-order valence-electron chi connectivity index (χ3n) is 3.80. The van der Waals surface area contributed by atoms with E-state index in [-0.39, 0.29) is 12.5 Å². The first-order chi connectivity index (χ1) is 10.9. The fourth-order valence-corrected chi connectivity index (χ4v) is 3.59. The molecule has 23 heavy (non-hydrogen) atoms. The highest BCUT2D eigenvalue weighted by atomic mass is 32.2. The van der Waals surface area contributed by atoms with Gasteiger partial charge in [0.15, 0.2) is 0 Å². The van der Waals surface area contributed by atoms with Crippen LogP contribution in [0.5, 0.6) is 0 Å². The molecule has 120 valence electrons. The summed E-state index contributed by atoms with van der Waals surface area (Å²) in [6, 6.07) is 7.67. The Kier molecular flexibility index (Phi) is 4.14. The molecule has 1 aromatic heterocycles. The molecule has 0 saturated heterocycles. The van der Waals surface area contributed by atoms with Crippen molar-refractivity contribution in [3.8, 4) is 0 Å². The number of aromatic nitrogens is 2. The zero-order valence-corrected chi connectivity index (χ0v) is 13.6. The van der Waals surface area contributed by atoms with Crippen LogP contribution >= 0.6 is 0 Å². The van der Waals surface area contributed by atoms with Crippen molar-refractivity contribution in [3.05, 3.63) is 58.3 Å². The standard InChI is InChI=1S/C16H18N4O2S/c1-12-2-4-13(5-3-12)7-9-23(21,22)20-8-6-14-10-18-16(17)19-15(14)11-20/h2-5,7,9-10H,6,8,11H2,1H3,(H2,17,18,19). The topological polar surface area (TPSA) is 89.2 Å². The van der Waals surface area contributed by atoms with E-state index in [2.05, 4.69) is 9.97 Å². The number of nitrogens with two attached hydrogens (primary N) is 1. The maximum absolute atomic E-state index is 12.5. The number of hydrogen-bond acceptors (Lipinski definition) is 5. The van der Waals surface area contributed by atoms with Crippen LogP contribution in [0.1, 0.15) is 22.4 Å². The molecule has 0 aliphatic carbocycles. The van der Waals surface area contributed by atoms with Crippen molar-refractivity contribution < 1.29 is 8.42 Å². The Morgan fingerprint density at radius 1 is 1.26 bits per heavy atom. The SMILES string of the molecule is Cc1ccc(C=CS(=O)(=O)N2CCc3cnc(N)nc3C2)cc1. The molecule has 0 fully saturated rings. The molecule has 0 saturated carbocycles. The zero-order valence-electron chi connectivity index (χ0n) is 12.8. The lowest BCUT2D eigenvalue weighted by Gasteiger charge is -2.25. The number of aryl methyl sites for hydroxylation is 1. The van der Waals surface area contributed by atoms with Gasteiger partial charge in [-0.25, -0.2) is 18.4 Å². The van der Waals surface area contributed by atoms with E-state index < -0.39 is 10.0 Å². The van der Waals surface area contributed by atoms with Gasteiger partial charge in [0.25, 0.3) is 0 Å². The van der Waals surface area contributed by atoms with Gasteiger partial charge in [-0.05, 0) is 30.5 Å². The molecule has 3 rings (SSSR count). The lowest BCUT2D eigenvalue weighted by molar-refractivity contribution is 0.390. The van der Waals surface area contributed by atoms with Gasteiger partial charge in [-0.3, -0.25) is 0 Å². The Balaban J connectivity index is 1.79. The van der Waals surface area contributed by atoms with Crippen LogP contribution < -0.4 is 5.73 Å². The molecular formula is C16H18N4O2S. The minimum Gasteiger partial charge on any atom is -0.368 e. The lowest BCUT2D eigenvalue weighted by atomic mass is 10.1. The normalized spacial score (nSPS) is 15.7. The van der Waals surface area contributed by atoms with E-state index in [9.17, 15) is 8.42 Å². The number of rotatable bonds is 3. The summed E-state index contributed by atoms with van der Waals surface area (Å²) < 4.78 is 26.4. The van der Waals surface area contributed by atoms with Crippen molar-refractivity contribution in [2.45, 2.75) is 19.9 Å². The first kappa shape index (κ1) is 15.6. The van der Waals surface area contributed by atoms with E-state index >= 15 is 0 Å². The monoisotopic (exact) mass is 330 g/mol. The summed E-state index contributed by atoms with van der Waals surface area (Å²) in [6.45, 7) is 2.63. The van der Waals surface area contributed by atoms with Crippen LogP contribution in [-0.2, 0) is 23.0 Å². The van der Waals surface area contributed by atoms with Crippen LogP contribution in [0.25, 0.3) is 6.08 Å². The Labute approximate surface area is 135 Å². The molecule has 1 aliphatic rings. The van der Waals surface area contributed by atoms with E-state index in [0.29, 0.717) is 18.7 Å². The highest BCUT2D eigenvalue weighted by molar-refractivity contribution is 7.92. The maximum atomic E-state index is 12.5. The van der Waals surface area contributed by atoms with Crippen LogP contribution in [0, 0.1) is 6.92 Å². The minimum atomic E-state index is -3.50. The summed E-state index contributed by atoms with van der Waals surface area (Å²) in [6.07, 6.45) is 3.87. The smallest absolute Gasteiger partial charge is 0.236 e. The van der Waals surface area contributed by atoms with Gasteiger partial charge in [0.05, 0.1) is 12.2 Å². The van der Waals surface area contributed by atoms with Crippen molar-refractivity contribution in [2.24, 2.45) is 0 Å². The summed E-state index contributed by atoms with van der Waals surface area (Å²) in [5, 5.41) is 1.24. The predicted octanol–water partition coefficient (Wildman–Crippen LogP) is 1.73. The third kappa shape index (κ3) is 3.57. The van der Waals surface area contributed by atoms with Crippen molar-refractivity contribution in [1.82, 2.24) is 14.3 Å². The Hall–Kier alpha value is -2.25. The zero-order chi connectivity index (χ0) is 16.4. The van der Waals surface area contributed by atoms with Crippen LogP contribution in [0.3, 0.4) is 0 Å². The van der Waals surface area contributed by atoms with Gasteiger partial charge in [0.1, 0.15) is 0 Å². The van der Waals surface area contributed by atoms with Crippen molar-refractivity contribution >= 4 is 22.0 Å². The Morgan fingerprint density at radius 3 is 2.74 bits per heavy atom. The first-order valence-electron chi connectivity index (χ1n) is 7.29. The minimum absolute atomic E-state index is 0.165. The van der Waals surface area contributed by atoms with Gasteiger partial charge >= 0.3 is 0 Å².